The second-order valence-corrected chi connectivity index (χ2v) is 4.76. The summed E-state index contributed by atoms with van der Waals surface area (Å²) < 4.78 is 1.76. The van der Waals surface area contributed by atoms with Gasteiger partial charge in [-0.05, 0) is 13.0 Å². The van der Waals surface area contributed by atoms with Gasteiger partial charge < -0.3 is 5.32 Å². The first-order valence-electron chi connectivity index (χ1n) is 6.11. The summed E-state index contributed by atoms with van der Waals surface area (Å²) in [5, 5.41) is 7.51. The van der Waals surface area contributed by atoms with E-state index in [0.29, 0.717) is 6.04 Å². The second kappa shape index (κ2) is 5.27. The van der Waals surface area contributed by atoms with Crippen molar-refractivity contribution in [3.63, 3.8) is 0 Å². The van der Waals surface area contributed by atoms with Crippen molar-refractivity contribution >= 4 is 0 Å². The van der Waals surface area contributed by atoms with Crippen LogP contribution in [0.25, 0.3) is 11.4 Å². The number of aromatic nitrogens is 4. The molecule has 0 aliphatic rings. The summed E-state index contributed by atoms with van der Waals surface area (Å²) >= 11 is 0. The number of hydrogen-bond donors (Lipinski definition) is 1. The molecule has 0 amide bonds. The predicted molar refractivity (Wildman–Crippen MR) is 70.9 cm³/mol. The first kappa shape index (κ1) is 12.7. The van der Waals surface area contributed by atoms with E-state index in [1.54, 1.807) is 10.9 Å². The lowest BCUT2D eigenvalue weighted by atomic mass is 10.2. The molecule has 0 atom stereocenters. The minimum atomic E-state index is 0.446. The van der Waals surface area contributed by atoms with E-state index in [4.69, 9.17) is 0 Å². The smallest absolute Gasteiger partial charge is 0.162 e. The van der Waals surface area contributed by atoms with Crippen LogP contribution < -0.4 is 5.32 Å². The number of rotatable bonds is 4. The molecular formula is C13H19N5. The maximum Gasteiger partial charge on any atom is 0.162 e. The van der Waals surface area contributed by atoms with Crippen LogP contribution in [0.5, 0.6) is 0 Å². The molecule has 0 aliphatic heterocycles. The van der Waals surface area contributed by atoms with Crippen molar-refractivity contribution in [1.29, 1.82) is 0 Å². The molecule has 2 heterocycles. The van der Waals surface area contributed by atoms with Gasteiger partial charge in [-0.1, -0.05) is 13.8 Å². The van der Waals surface area contributed by atoms with Gasteiger partial charge in [0.2, 0.25) is 0 Å². The fourth-order valence-electron chi connectivity index (χ4n) is 1.70. The van der Waals surface area contributed by atoms with Gasteiger partial charge in [0.1, 0.15) is 0 Å². The first-order valence-corrected chi connectivity index (χ1v) is 6.11. The Morgan fingerprint density at radius 1 is 1.33 bits per heavy atom. The van der Waals surface area contributed by atoms with E-state index >= 15 is 0 Å². The molecule has 2 aromatic rings. The Balaban J connectivity index is 2.26. The minimum absolute atomic E-state index is 0.446. The van der Waals surface area contributed by atoms with Crippen molar-refractivity contribution in [2.75, 3.05) is 0 Å². The van der Waals surface area contributed by atoms with E-state index in [1.165, 1.54) is 0 Å². The van der Waals surface area contributed by atoms with Crippen molar-refractivity contribution in [3.8, 4) is 11.4 Å². The van der Waals surface area contributed by atoms with E-state index < -0.39 is 0 Å². The molecule has 5 nitrogen and oxygen atoms in total. The molecule has 0 aliphatic carbocycles. The van der Waals surface area contributed by atoms with E-state index in [1.807, 2.05) is 26.2 Å². The van der Waals surface area contributed by atoms with Crippen LogP contribution in [0.3, 0.4) is 0 Å². The summed E-state index contributed by atoms with van der Waals surface area (Å²) in [6, 6.07) is 2.46. The van der Waals surface area contributed by atoms with Crippen LogP contribution in [0.4, 0.5) is 0 Å². The average molecular weight is 245 g/mol. The average Bonchev–Trinajstić information content (AvgIpc) is 2.72. The Hall–Kier alpha value is -1.75. The normalized spacial score (nSPS) is 11.2. The predicted octanol–water partition coefficient (Wildman–Crippen LogP) is 1.68. The highest BCUT2D eigenvalue weighted by atomic mass is 15.2. The molecule has 0 saturated heterocycles. The van der Waals surface area contributed by atoms with Gasteiger partial charge >= 0.3 is 0 Å². The third kappa shape index (κ3) is 3.13. The molecule has 0 unspecified atom stereocenters. The van der Waals surface area contributed by atoms with E-state index in [0.717, 1.165) is 29.3 Å². The molecule has 0 fully saturated rings. The first-order chi connectivity index (χ1) is 8.54. The van der Waals surface area contributed by atoms with Crippen LogP contribution in [-0.4, -0.2) is 25.8 Å². The summed E-state index contributed by atoms with van der Waals surface area (Å²) in [4.78, 5) is 9.01. The third-order valence-electron chi connectivity index (χ3n) is 2.56. The molecule has 0 bridgehead atoms. The summed E-state index contributed by atoms with van der Waals surface area (Å²) in [7, 11) is 1.89. The Kier molecular flexibility index (Phi) is 3.72. The van der Waals surface area contributed by atoms with Crippen molar-refractivity contribution in [2.24, 2.45) is 7.05 Å². The molecule has 2 rings (SSSR count). The van der Waals surface area contributed by atoms with Crippen molar-refractivity contribution in [1.82, 2.24) is 25.1 Å². The Bertz CT molecular complexity index is 530. The van der Waals surface area contributed by atoms with Crippen LogP contribution in [0, 0.1) is 6.92 Å². The summed E-state index contributed by atoms with van der Waals surface area (Å²) in [5.74, 6) is 0.739. The molecule has 18 heavy (non-hydrogen) atoms. The fourth-order valence-corrected chi connectivity index (χ4v) is 1.70. The van der Waals surface area contributed by atoms with E-state index in [9.17, 15) is 0 Å². The highest BCUT2D eigenvalue weighted by Crippen LogP contribution is 2.14. The maximum atomic E-state index is 4.56. The fraction of sp³-hybridized carbons (Fsp3) is 0.462. The van der Waals surface area contributed by atoms with Crippen LogP contribution in [0.1, 0.15) is 25.2 Å². The van der Waals surface area contributed by atoms with Gasteiger partial charge in [0.15, 0.2) is 5.82 Å². The van der Waals surface area contributed by atoms with E-state index in [-0.39, 0.29) is 0 Å². The molecule has 2 aromatic heterocycles. The lowest BCUT2D eigenvalue weighted by Crippen LogP contribution is -2.22. The second-order valence-electron chi connectivity index (χ2n) is 4.76. The third-order valence-corrected chi connectivity index (χ3v) is 2.56. The zero-order valence-electron chi connectivity index (χ0n) is 11.3. The van der Waals surface area contributed by atoms with Crippen molar-refractivity contribution in [3.05, 3.63) is 29.8 Å². The molecule has 0 saturated carbocycles. The van der Waals surface area contributed by atoms with Gasteiger partial charge in [-0.3, -0.25) is 4.68 Å². The summed E-state index contributed by atoms with van der Waals surface area (Å²) in [5.41, 5.74) is 2.94. The number of nitrogens with one attached hydrogen (secondary N) is 1. The van der Waals surface area contributed by atoms with Gasteiger partial charge in [0.25, 0.3) is 0 Å². The van der Waals surface area contributed by atoms with Gasteiger partial charge in [-0.25, -0.2) is 9.97 Å². The Morgan fingerprint density at radius 2 is 2.11 bits per heavy atom. The molecule has 0 spiro atoms. The van der Waals surface area contributed by atoms with Crippen LogP contribution >= 0.6 is 0 Å². The van der Waals surface area contributed by atoms with Gasteiger partial charge in [-0.15, -0.1) is 0 Å². The monoisotopic (exact) mass is 245 g/mol. The number of nitrogens with zero attached hydrogens (tertiary/aromatic N) is 4. The largest absolute Gasteiger partial charge is 0.309 e. The molecule has 0 radical (unpaired) electrons. The zero-order valence-corrected chi connectivity index (χ0v) is 11.3. The number of hydrogen-bond acceptors (Lipinski definition) is 4. The quantitative estimate of drug-likeness (QED) is 0.890. The summed E-state index contributed by atoms with van der Waals surface area (Å²) in [6.07, 6.45) is 3.71. The minimum Gasteiger partial charge on any atom is -0.309 e. The van der Waals surface area contributed by atoms with Crippen molar-refractivity contribution in [2.45, 2.75) is 33.4 Å². The number of aryl methyl sites for hydroxylation is 2. The maximum absolute atomic E-state index is 4.56. The lowest BCUT2D eigenvalue weighted by Gasteiger charge is -2.09. The molecular weight excluding hydrogens is 226 g/mol. The highest BCUT2D eigenvalue weighted by Gasteiger charge is 2.07. The SMILES string of the molecule is Cc1cc(CNC(C)C)nc(-c2cnn(C)c2)n1. The van der Waals surface area contributed by atoms with Crippen LogP contribution in [0.15, 0.2) is 18.5 Å². The zero-order chi connectivity index (χ0) is 13.1. The topological polar surface area (TPSA) is 55.6 Å². The van der Waals surface area contributed by atoms with Crippen LogP contribution in [-0.2, 0) is 13.6 Å². The van der Waals surface area contributed by atoms with Crippen molar-refractivity contribution < 1.29 is 0 Å². The highest BCUT2D eigenvalue weighted by molar-refractivity contribution is 5.52. The lowest BCUT2D eigenvalue weighted by molar-refractivity contribution is 0.580. The summed E-state index contributed by atoms with van der Waals surface area (Å²) in [6.45, 7) is 6.99. The molecule has 96 valence electrons. The Labute approximate surface area is 107 Å². The standard InChI is InChI=1S/C13H19N5/c1-9(2)14-7-12-5-10(3)16-13(17-12)11-6-15-18(4)8-11/h5-6,8-9,14H,7H2,1-4H3. The molecule has 5 heteroatoms. The van der Waals surface area contributed by atoms with Gasteiger partial charge in [0, 0.05) is 31.5 Å². The van der Waals surface area contributed by atoms with Gasteiger partial charge in [0.05, 0.1) is 17.5 Å². The Morgan fingerprint density at radius 3 is 2.72 bits per heavy atom. The molecule has 0 aromatic carbocycles. The van der Waals surface area contributed by atoms with Crippen LogP contribution in [0.2, 0.25) is 0 Å². The van der Waals surface area contributed by atoms with E-state index in [2.05, 4.69) is 34.2 Å². The molecule has 1 N–H and O–H groups in total. The van der Waals surface area contributed by atoms with Gasteiger partial charge in [-0.2, -0.15) is 5.10 Å².